The molecule has 25 heavy (non-hydrogen) atoms. The van der Waals surface area contributed by atoms with Gasteiger partial charge in [-0.15, -0.1) is 0 Å². The number of hydrogen-bond donors (Lipinski definition) is 0. The maximum Gasteiger partial charge on any atom is 0.204 e. The van der Waals surface area contributed by atoms with Crippen molar-refractivity contribution >= 4 is 0 Å². The van der Waals surface area contributed by atoms with E-state index in [0.717, 1.165) is 5.75 Å². The summed E-state index contributed by atoms with van der Waals surface area (Å²) in [5, 5.41) is 0. The first-order chi connectivity index (χ1) is 11.3. The summed E-state index contributed by atoms with van der Waals surface area (Å²) in [5.41, 5.74) is 1.65. The lowest BCUT2D eigenvalue weighted by Crippen LogP contribution is -2.36. The second-order valence-electron chi connectivity index (χ2n) is 10.2. The highest BCUT2D eigenvalue weighted by atomic mass is 16.7. The quantitative estimate of drug-likeness (QED) is 0.492. The number of hydrogen-bond acceptors (Lipinski definition) is 2. The van der Waals surface area contributed by atoms with Crippen molar-refractivity contribution < 1.29 is 9.47 Å². The van der Waals surface area contributed by atoms with E-state index < -0.39 is 0 Å². The number of ether oxygens (including phenoxy) is 2. The highest BCUT2D eigenvalue weighted by molar-refractivity contribution is 5.30. The van der Waals surface area contributed by atoms with E-state index in [4.69, 9.17) is 9.47 Å². The Kier molecular flexibility index (Phi) is 7.55. The lowest BCUT2D eigenvalue weighted by molar-refractivity contribution is -0.162. The average Bonchev–Trinajstić information content (AvgIpc) is 2.42. The van der Waals surface area contributed by atoms with Crippen LogP contribution in [-0.4, -0.2) is 12.4 Å². The Morgan fingerprint density at radius 1 is 0.840 bits per heavy atom. The van der Waals surface area contributed by atoms with E-state index in [2.05, 4.69) is 79.7 Å². The topological polar surface area (TPSA) is 18.5 Å². The van der Waals surface area contributed by atoms with Gasteiger partial charge in [0.25, 0.3) is 0 Å². The van der Waals surface area contributed by atoms with E-state index in [1.165, 1.54) is 12.0 Å². The molecule has 1 aromatic carbocycles. The summed E-state index contributed by atoms with van der Waals surface area (Å²) in [6, 6.07) is 8.63. The van der Waals surface area contributed by atoms with Gasteiger partial charge < -0.3 is 9.47 Å². The molecule has 1 aromatic rings. The number of rotatable bonds is 7. The Balaban J connectivity index is 2.93. The van der Waals surface area contributed by atoms with Gasteiger partial charge >= 0.3 is 0 Å². The van der Waals surface area contributed by atoms with Gasteiger partial charge in [-0.25, -0.2) is 0 Å². The van der Waals surface area contributed by atoms with Gasteiger partial charge in [-0.3, -0.25) is 0 Å². The fraction of sp³-hybridized carbons (Fsp3) is 0.739. The van der Waals surface area contributed by atoms with Gasteiger partial charge in [0.2, 0.25) is 6.29 Å². The van der Waals surface area contributed by atoms with Crippen molar-refractivity contribution in [3.8, 4) is 5.75 Å². The summed E-state index contributed by atoms with van der Waals surface area (Å²) in [6.45, 7) is 22.1. The monoisotopic (exact) mass is 348 g/mol. The second-order valence-corrected chi connectivity index (χ2v) is 10.2. The fourth-order valence-electron chi connectivity index (χ4n) is 2.97. The molecule has 0 heterocycles. The molecule has 0 aromatic heterocycles. The van der Waals surface area contributed by atoms with Crippen LogP contribution in [0, 0.1) is 16.7 Å². The Hall–Kier alpha value is -1.02. The van der Waals surface area contributed by atoms with Crippen LogP contribution >= 0.6 is 0 Å². The molecule has 0 N–H and O–H groups in total. The zero-order valence-corrected chi connectivity index (χ0v) is 18.1. The Morgan fingerprint density at radius 3 is 1.72 bits per heavy atom. The third kappa shape index (κ3) is 7.81. The molecule has 0 saturated heterocycles. The molecule has 2 heteroatoms. The van der Waals surface area contributed by atoms with Crippen LogP contribution in [-0.2, 0) is 4.74 Å². The van der Waals surface area contributed by atoms with E-state index in [-0.39, 0.29) is 17.8 Å². The van der Waals surface area contributed by atoms with E-state index in [0.29, 0.717) is 17.3 Å². The second kappa shape index (κ2) is 8.58. The van der Waals surface area contributed by atoms with Crippen molar-refractivity contribution in [2.45, 2.75) is 94.0 Å². The van der Waals surface area contributed by atoms with E-state index in [1.54, 1.807) is 0 Å². The van der Waals surface area contributed by atoms with Crippen molar-refractivity contribution in [1.82, 2.24) is 0 Å². The third-order valence-corrected chi connectivity index (χ3v) is 4.29. The molecule has 0 aliphatic rings. The van der Waals surface area contributed by atoms with Crippen LogP contribution < -0.4 is 4.74 Å². The molecular formula is C23H40O2. The van der Waals surface area contributed by atoms with Crippen LogP contribution in [0.5, 0.6) is 5.75 Å². The summed E-state index contributed by atoms with van der Waals surface area (Å²) >= 11 is 0. The first-order valence-electron chi connectivity index (χ1n) is 9.71. The SMILES string of the molecule is CC(C)OC(Oc1ccc([C@@H](CC(C)(C)C)C(C)C)cc1)C(C)(C)C. The summed E-state index contributed by atoms with van der Waals surface area (Å²) < 4.78 is 12.1. The lowest BCUT2D eigenvalue weighted by atomic mass is 9.76. The molecule has 2 atom stereocenters. The molecule has 0 spiro atoms. The predicted octanol–water partition coefficient (Wildman–Crippen LogP) is 7.04. The molecule has 0 radical (unpaired) electrons. The molecule has 0 aliphatic heterocycles. The molecule has 2 nitrogen and oxygen atoms in total. The fourth-order valence-corrected chi connectivity index (χ4v) is 2.97. The van der Waals surface area contributed by atoms with Crippen LogP contribution in [0.3, 0.4) is 0 Å². The maximum atomic E-state index is 6.16. The smallest absolute Gasteiger partial charge is 0.204 e. The van der Waals surface area contributed by atoms with Crippen molar-refractivity contribution in [2.24, 2.45) is 16.7 Å². The Morgan fingerprint density at radius 2 is 1.36 bits per heavy atom. The predicted molar refractivity (Wildman–Crippen MR) is 108 cm³/mol. The normalized spacial score (nSPS) is 15.5. The Labute approximate surface area is 156 Å². The minimum absolute atomic E-state index is 0.0738. The van der Waals surface area contributed by atoms with Crippen molar-refractivity contribution in [1.29, 1.82) is 0 Å². The molecular weight excluding hydrogens is 308 g/mol. The summed E-state index contributed by atoms with van der Waals surface area (Å²) in [5.74, 6) is 2.07. The van der Waals surface area contributed by atoms with Gasteiger partial charge in [-0.1, -0.05) is 67.5 Å². The summed E-state index contributed by atoms with van der Waals surface area (Å²) in [6.07, 6.45) is 1.07. The van der Waals surface area contributed by atoms with Crippen LogP contribution in [0.15, 0.2) is 24.3 Å². The van der Waals surface area contributed by atoms with E-state index in [1.807, 2.05) is 13.8 Å². The minimum Gasteiger partial charge on any atom is -0.464 e. The molecule has 0 aliphatic carbocycles. The van der Waals surface area contributed by atoms with Crippen molar-refractivity contribution in [3.63, 3.8) is 0 Å². The molecule has 1 rings (SSSR count). The van der Waals surface area contributed by atoms with Gasteiger partial charge in [0.1, 0.15) is 5.75 Å². The highest BCUT2D eigenvalue weighted by Crippen LogP contribution is 2.37. The molecule has 0 amide bonds. The lowest BCUT2D eigenvalue weighted by Gasteiger charge is -2.32. The minimum atomic E-state index is -0.256. The standard InChI is InChI=1S/C23H40O2/c1-16(2)20(15-22(5,6)7)18-11-13-19(14-12-18)25-21(23(8,9)10)24-17(3)4/h11-14,16-17,20-21H,15H2,1-10H3/t20-,21?/m0/s1. The first kappa shape index (κ1) is 22.0. The number of benzene rings is 1. The maximum absolute atomic E-state index is 6.16. The van der Waals surface area contributed by atoms with E-state index >= 15 is 0 Å². The van der Waals surface area contributed by atoms with Crippen LogP contribution in [0.25, 0.3) is 0 Å². The first-order valence-corrected chi connectivity index (χ1v) is 9.71. The zero-order chi connectivity index (χ0) is 19.4. The molecule has 1 unspecified atom stereocenters. The van der Waals surface area contributed by atoms with Crippen LogP contribution in [0.1, 0.15) is 87.1 Å². The van der Waals surface area contributed by atoms with Gasteiger partial charge in [0.05, 0.1) is 6.10 Å². The zero-order valence-electron chi connectivity index (χ0n) is 18.1. The highest BCUT2D eigenvalue weighted by Gasteiger charge is 2.29. The van der Waals surface area contributed by atoms with E-state index in [9.17, 15) is 0 Å². The van der Waals surface area contributed by atoms with Crippen molar-refractivity contribution in [2.75, 3.05) is 0 Å². The summed E-state index contributed by atoms with van der Waals surface area (Å²) in [7, 11) is 0. The average molecular weight is 349 g/mol. The van der Waals surface area contributed by atoms with Gasteiger partial charge in [0, 0.05) is 5.41 Å². The molecule has 0 fully saturated rings. The van der Waals surface area contributed by atoms with Gasteiger partial charge in [-0.05, 0) is 55.2 Å². The molecule has 144 valence electrons. The third-order valence-electron chi connectivity index (χ3n) is 4.29. The summed E-state index contributed by atoms with van der Waals surface area (Å²) in [4.78, 5) is 0. The van der Waals surface area contributed by atoms with Crippen LogP contribution in [0.4, 0.5) is 0 Å². The molecule has 0 saturated carbocycles. The van der Waals surface area contributed by atoms with Gasteiger partial charge in [0.15, 0.2) is 0 Å². The van der Waals surface area contributed by atoms with Crippen molar-refractivity contribution in [3.05, 3.63) is 29.8 Å². The van der Waals surface area contributed by atoms with Crippen LogP contribution in [0.2, 0.25) is 0 Å². The Bertz CT molecular complexity index is 500. The van der Waals surface area contributed by atoms with Gasteiger partial charge in [-0.2, -0.15) is 0 Å². The largest absolute Gasteiger partial charge is 0.464 e. The molecule has 0 bridgehead atoms.